The van der Waals surface area contributed by atoms with E-state index in [9.17, 15) is 13.2 Å². The van der Waals surface area contributed by atoms with E-state index in [0.29, 0.717) is 18.7 Å². The first-order chi connectivity index (χ1) is 9.81. The van der Waals surface area contributed by atoms with Crippen molar-refractivity contribution >= 4 is 31.3 Å². The van der Waals surface area contributed by atoms with E-state index in [1.54, 1.807) is 6.07 Å². The molecule has 116 valence electrons. The lowest BCUT2D eigenvalue weighted by atomic mass is 10.1. The van der Waals surface area contributed by atoms with Crippen LogP contribution in [0.3, 0.4) is 0 Å². The Bertz CT molecular complexity index is 646. The zero-order valence-corrected chi connectivity index (χ0v) is 13.2. The number of anilines is 1. The van der Waals surface area contributed by atoms with Gasteiger partial charge in [0.2, 0.25) is 5.91 Å². The summed E-state index contributed by atoms with van der Waals surface area (Å²) in [6.07, 6.45) is 0.693. The SMILES string of the molecule is COc1ccc(NC(=O)C2COC(C)C2)cc1S(=O)(=O)Cl. The van der Waals surface area contributed by atoms with E-state index in [1.807, 2.05) is 6.92 Å². The maximum absolute atomic E-state index is 12.1. The van der Waals surface area contributed by atoms with Crippen LogP contribution in [0.25, 0.3) is 0 Å². The number of carbonyl (C=O) groups excluding carboxylic acids is 1. The minimum absolute atomic E-state index is 0.0513. The van der Waals surface area contributed by atoms with Gasteiger partial charge in [-0.2, -0.15) is 0 Å². The Morgan fingerprint density at radius 3 is 2.71 bits per heavy atom. The van der Waals surface area contributed by atoms with Crippen LogP contribution in [0.2, 0.25) is 0 Å². The third-order valence-electron chi connectivity index (χ3n) is 3.26. The monoisotopic (exact) mass is 333 g/mol. The second-order valence-corrected chi connectivity index (χ2v) is 7.40. The zero-order chi connectivity index (χ0) is 15.6. The van der Waals surface area contributed by atoms with Crippen LogP contribution in [0.1, 0.15) is 13.3 Å². The molecule has 1 fully saturated rings. The summed E-state index contributed by atoms with van der Waals surface area (Å²) in [6, 6.07) is 4.28. The minimum Gasteiger partial charge on any atom is -0.495 e. The highest BCUT2D eigenvalue weighted by molar-refractivity contribution is 8.13. The Balaban J connectivity index is 2.19. The van der Waals surface area contributed by atoms with E-state index in [-0.39, 0.29) is 28.6 Å². The number of hydrogen-bond donors (Lipinski definition) is 1. The molecule has 2 unspecified atom stereocenters. The Morgan fingerprint density at radius 1 is 1.48 bits per heavy atom. The average Bonchev–Trinajstić information content (AvgIpc) is 2.84. The smallest absolute Gasteiger partial charge is 0.265 e. The molecule has 1 heterocycles. The van der Waals surface area contributed by atoms with Gasteiger partial charge in [0.1, 0.15) is 10.6 Å². The van der Waals surface area contributed by atoms with Gasteiger partial charge in [0.25, 0.3) is 9.05 Å². The first-order valence-electron chi connectivity index (χ1n) is 6.36. The average molecular weight is 334 g/mol. The molecule has 0 aliphatic carbocycles. The summed E-state index contributed by atoms with van der Waals surface area (Å²) < 4.78 is 33.3. The van der Waals surface area contributed by atoms with Gasteiger partial charge in [-0.25, -0.2) is 8.42 Å². The summed E-state index contributed by atoms with van der Waals surface area (Å²) in [5.74, 6) is -0.318. The predicted molar refractivity (Wildman–Crippen MR) is 78.2 cm³/mol. The number of amides is 1. The first kappa shape index (κ1) is 16.1. The van der Waals surface area contributed by atoms with Crippen molar-refractivity contribution < 1.29 is 22.7 Å². The minimum atomic E-state index is -3.96. The van der Waals surface area contributed by atoms with Gasteiger partial charge in [-0.1, -0.05) is 0 Å². The lowest BCUT2D eigenvalue weighted by Crippen LogP contribution is -2.23. The van der Waals surface area contributed by atoms with Crippen LogP contribution in [0.5, 0.6) is 5.75 Å². The molecule has 0 aromatic heterocycles. The molecule has 1 N–H and O–H groups in total. The van der Waals surface area contributed by atoms with E-state index in [4.69, 9.17) is 20.2 Å². The standard InChI is InChI=1S/C13H16ClNO5S/c1-8-5-9(7-20-8)13(16)15-10-3-4-11(19-2)12(6-10)21(14,17)18/h3-4,6,8-9H,5,7H2,1-2H3,(H,15,16). The van der Waals surface area contributed by atoms with Gasteiger partial charge < -0.3 is 14.8 Å². The third kappa shape index (κ3) is 3.87. The number of benzene rings is 1. The van der Waals surface area contributed by atoms with Crippen molar-refractivity contribution in [3.63, 3.8) is 0 Å². The first-order valence-corrected chi connectivity index (χ1v) is 8.67. The molecule has 0 spiro atoms. The van der Waals surface area contributed by atoms with Crippen LogP contribution in [-0.4, -0.2) is 34.1 Å². The van der Waals surface area contributed by atoms with Crippen molar-refractivity contribution in [1.29, 1.82) is 0 Å². The molecule has 1 aromatic carbocycles. The molecule has 1 saturated heterocycles. The summed E-state index contributed by atoms with van der Waals surface area (Å²) in [7, 11) is 2.74. The number of methoxy groups -OCH3 is 1. The number of halogens is 1. The van der Waals surface area contributed by atoms with Crippen LogP contribution >= 0.6 is 10.7 Å². The number of rotatable bonds is 4. The number of carbonyl (C=O) groups is 1. The van der Waals surface area contributed by atoms with Gasteiger partial charge in [0, 0.05) is 16.4 Å². The summed E-state index contributed by atoms with van der Waals surface area (Å²) in [6.45, 7) is 2.27. The van der Waals surface area contributed by atoms with E-state index in [1.165, 1.54) is 19.2 Å². The lowest BCUT2D eigenvalue weighted by Gasteiger charge is -2.12. The molecule has 1 aliphatic rings. The quantitative estimate of drug-likeness (QED) is 0.852. The van der Waals surface area contributed by atoms with Crippen molar-refractivity contribution in [2.75, 3.05) is 19.0 Å². The summed E-state index contributed by atoms with van der Waals surface area (Å²) in [5, 5.41) is 2.67. The molecule has 0 bridgehead atoms. The molecule has 2 rings (SSSR count). The van der Waals surface area contributed by atoms with Crippen molar-refractivity contribution in [3.8, 4) is 5.75 Å². The number of nitrogens with one attached hydrogen (secondary N) is 1. The third-order valence-corrected chi connectivity index (χ3v) is 4.61. The van der Waals surface area contributed by atoms with Gasteiger partial charge in [-0.15, -0.1) is 0 Å². The highest BCUT2D eigenvalue weighted by Gasteiger charge is 2.28. The molecule has 0 radical (unpaired) electrons. The van der Waals surface area contributed by atoms with Crippen LogP contribution in [0, 0.1) is 5.92 Å². The Morgan fingerprint density at radius 2 is 2.19 bits per heavy atom. The second-order valence-electron chi connectivity index (χ2n) is 4.87. The van der Waals surface area contributed by atoms with Crippen molar-refractivity contribution in [2.45, 2.75) is 24.3 Å². The van der Waals surface area contributed by atoms with Crippen LogP contribution in [-0.2, 0) is 18.6 Å². The highest BCUT2D eigenvalue weighted by Crippen LogP contribution is 2.30. The molecule has 0 saturated carbocycles. The topological polar surface area (TPSA) is 81.7 Å². The van der Waals surface area contributed by atoms with E-state index in [2.05, 4.69) is 5.32 Å². The molecule has 1 aromatic rings. The molecule has 2 atom stereocenters. The molecular weight excluding hydrogens is 318 g/mol. The van der Waals surface area contributed by atoms with Crippen molar-refractivity contribution in [2.24, 2.45) is 5.92 Å². The van der Waals surface area contributed by atoms with E-state index < -0.39 is 9.05 Å². The van der Waals surface area contributed by atoms with Crippen molar-refractivity contribution in [3.05, 3.63) is 18.2 Å². The fraction of sp³-hybridized carbons (Fsp3) is 0.462. The van der Waals surface area contributed by atoms with E-state index in [0.717, 1.165) is 0 Å². The van der Waals surface area contributed by atoms with E-state index >= 15 is 0 Å². The van der Waals surface area contributed by atoms with Crippen LogP contribution in [0.4, 0.5) is 5.69 Å². The number of ether oxygens (including phenoxy) is 2. The fourth-order valence-corrected chi connectivity index (χ4v) is 3.21. The Kier molecular flexibility index (Phi) is 4.75. The summed E-state index contributed by atoms with van der Waals surface area (Å²) >= 11 is 0. The van der Waals surface area contributed by atoms with Gasteiger partial charge in [-0.05, 0) is 31.5 Å². The Labute approximate surface area is 127 Å². The molecule has 6 nitrogen and oxygen atoms in total. The Hall–Kier alpha value is -1.31. The normalized spacial score (nSPS) is 22.0. The van der Waals surface area contributed by atoms with Gasteiger partial charge >= 0.3 is 0 Å². The zero-order valence-electron chi connectivity index (χ0n) is 11.6. The summed E-state index contributed by atoms with van der Waals surface area (Å²) in [4.78, 5) is 11.9. The molecule has 1 amide bonds. The van der Waals surface area contributed by atoms with Gasteiger partial charge in [-0.3, -0.25) is 4.79 Å². The van der Waals surface area contributed by atoms with Crippen molar-refractivity contribution in [1.82, 2.24) is 0 Å². The van der Waals surface area contributed by atoms with Gasteiger partial charge in [0.05, 0.1) is 25.7 Å². The molecule has 8 heteroatoms. The fourth-order valence-electron chi connectivity index (χ4n) is 2.19. The molecule has 21 heavy (non-hydrogen) atoms. The van der Waals surface area contributed by atoms with Crippen LogP contribution < -0.4 is 10.1 Å². The highest BCUT2D eigenvalue weighted by atomic mass is 35.7. The van der Waals surface area contributed by atoms with Crippen LogP contribution in [0.15, 0.2) is 23.1 Å². The molecular formula is C13H16ClNO5S. The lowest BCUT2D eigenvalue weighted by molar-refractivity contribution is -0.119. The second kappa shape index (κ2) is 6.21. The number of hydrogen-bond acceptors (Lipinski definition) is 5. The maximum atomic E-state index is 12.1. The predicted octanol–water partition coefficient (Wildman–Crippen LogP) is 1.99. The van der Waals surface area contributed by atoms with Gasteiger partial charge in [0.15, 0.2) is 0 Å². The summed E-state index contributed by atoms with van der Waals surface area (Å²) in [5.41, 5.74) is 0.347. The molecule has 1 aliphatic heterocycles. The maximum Gasteiger partial charge on any atom is 0.265 e. The largest absolute Gasteiger partial charge is 0.495 e.